The fourth-order valence-corrected chi connectivity index (χ4v) is 6.91. The van der Waals surface area contributed by atoms with Gasteiger partial charge in [-0.1, -0.05) is 110 Å². The number of fused-ring (bicyclic) bond motifs is 6. The summed E-state index contributed by atoms with van der Waals surface area (Å²) in [6.07, 6.45) is 9.78. The Morgan fingerprint density at radius 3 is 1.93 bits per heavy atom. The molecule has 0 amide bonds. The van der Waals surface area contributed by atoms with Crippen LogP contribution in [0.5, 0.6) is 5.75 Å². The zero-order valence-electron chi connectivity index (χ0n) is 25.6. The number of halogens is 2. The van der Waals surface area contributed by atoms with Gasteiger partial charge in [-0.05, 0) is 84.0 Å². The summed E-state index contributed by atoms with van der Waals surface area (Å²) < 4.78 is 11.0. The molecule has 0 aliphatic carbocycles. The highest BCUT2D eigenvalue weighted by Gasteiger charge is 2.21. The zero-order valence-corrected chi connectivity index (χ0v) is 28.7. The quantitative estimate of drug-likeness (QED) is 0.108. The van der Waals surface area contributed by atoms with Gasteiger partial charge in [0.2, 0.25) is 0 Å². The molecule has 5 aromatic rings. The van der Waals surface area contributed by atoms with Crippen LogP contribution in [0.3, 0.4) is 0 Å². The summed E-state index contributed by atoms with van der Waals surface area (Å²) in [7, 11) is 0. The van der Waals surface area contributed by atoms with Crippen LogP contribution in [0.15, 0.2) is 69.6 Å². The number of imidazole rings is 1. The summed E-state index contributed by atoms with van der Waals surface area (Å²) in [5, 5.41) is 4.91. The molecule has 1 heterocycles. The number of nitrogens with zero attached hydrogens (tertiary/aromatic N) is 2. The Morgan fingerprint density at radius 1 is 0.714 bits per heavy atom. The highest BCUT2D eigenvalue weighted by molar-refractivity contribution is 9.10. The van der Waals surface area contributed by atoms with Gasteiger partial charge in [0, 0.05) is 31.8 Å². The SMILES string of the molecule is CCCCC(CC)COc1ccc(-c2nc3c4ccc(Br)cc4c4cc(Br)ccc4c3n2CC(CC)CCCC)cc1. The molecule has 4 aromatic carbocycles. The van der Waals surface area contributed by atoms with Gasteiger partial charge in [0.05, 0.1) is 17.6 Å². The number of hydrogen-bond acceptors (Lipinski definition) is 2. The zero-order chi connectivity index (χ0) is 29.6. The monoisotopic (exact) mass is 690 g/mol. The molecule has 3 nitrogen and oxygen atoms in total. The minimum Gasteiger partial charge on any atom is -0.493 e. The standard InChI is InChI=1S/C37H44Br2N2O/c1-5-9-11-25(7-3)23-41-36-32-20-16-29(39)22-34(32)33-21-28(38)15-19-31(33)35(36)40-37(41)27-13-17-30(18-14-27)42-24-26(8-4)12-10-6-2/h13-22,25-26H,5-12,23-24H2,1-4H3. The maximum absolute atomic E-state index is 6.26. The second-order valence-electron chi connectivity index (χ2n) is 11.8. The van der Waals surface area contributed by atoms with Gasteiger partial charge < -0.3 is 9.30 Å². The molecule has 222 valence electrons. The van der Waals surface area contributed by atoms with Crippen LogP contribution in [0.25, 0.3) is 44.0 Å². The number of ether oxygens (including phenoxy) is 1. The first-order valence-corrected chi connectivity index (χ1v) is 17.5. The van der Waals surface area contributed by atoms with E-state index in [9.17, 15) is 0 Å². The lowest BCUT2D eigenvalue weighted by atomic mass is 9.97. The average Bonchev–Trinajstić information content (AvgIpc) is 3.38. The van der Waals surface area contributed by atoms with Gasteiger partial charge in [0.25, 0.3) is 0 Å². The maximum atomic E-state index is 6.26. The van der Waals surface area contributed by atoms with Crippen LogP contribution in [0, 0.1) is 11.8 Å². The average molecular weight is 693 g/mol. The normalized spacial score (nSPS) is 13.3. The third kappa shape index (κ3) is 6.73. The molecule has 0 aliphatic heterocycles. The van der Waals surface area contributed by atoms with Gasteiger partial charge in [-0.3, -0.25) is 0 Å². The molecular formula is C37H44Br2N2O. The molecule has 0 saturated carbocycles. The molecule has 2 atom stereocenters. The fourth-order valence-electron chi connectivity index (χ4n) is 6.19. The summed E-state index contributed by atoms with van der Waals surface area (Å²) in [6, 6.07) is 21.9. The number of rotatable bonds is 14. The molecule has 0 fully saturated rings. The molecule has 0 aliphatic rings. The number of hydrogen-bond donors (Lipinski definition) is 0. The minimum atomic E-state index is 0.601. The summed E-state index contributed by atoms with van der Waals surface area (Å²) >= 11 is 7.46. The Morgan fingerprint density at radius 2 is 1.31 bits per heavy atom. The van der Waals surface area contributed by atoms with Crippen LogP contribution >= 0.6 is 31.9 Å². The molecule has 0 spiro atoms. The van der Waals surface area contributed by atoms with E-state index in [4.69, 9.17) is 9.72 Å². The van der Waals surface area contributed by atoms with Crippen molar-refractivity contribution in [2.45, 2.75) is 85.6 Å². The first-order valence-electron chi connectivity index (χ1n) is 15.9. The molecule has 0 radical (unpaired) electrons. The second kappa shape index (κ2) is 14.4. The van der Waals surface area contributed by atoms with Crippen LogP contribution in [-0.4, -0.2) is 16.2 Å². The lowest BCUT2D eigenvalue weighted by Crippen LogP contribution is -2.12. The van der Waals surface area contributed by atoms with Crippen LogP contribution in [0.4, 0.5) is 0 Å². The molecule has 2 unspecified atom stereocenters. The molecule has 0 saturated heterocycles. The molecule has 5 heteroatoms. The third-order valence-electron chi connectivity index (χ3n) is 8.86. The number of aromatic nitrogens is 2. The van der Waals surface area contributed by atoms with Crippen molar-refractivity contribution in [3.05, 3.63) is 69.6 Å². The Kier molecular flexibility index (Phi) is 10.7. The van der Waals surface area contributed by atoms with E-state index in [0.717, 1.165) is 57.6 Å². The van der Waals surface area contributed by atoms with E-state index in [0.29, 0.717) is 11.8 Å². The van der Waals surface area contributed by atoms with Gasteiger partial charge in [0.1, 0.15) is 11.6 Å². The summed E-state index contributed by atoms with van der Waals surface area (Å²) in [6.45, 7) is 10.9. The summed E-state index contributed by atoms with van der Waals surface area (Å²) in [4.78, 5) is 5.43. The van der Waals surface area contributed by atoms with E-state index in [-0.39, 0.29) is 0 Å². The highest BCUT2D eigenvalue weighted by Crippen LogP contribution is 2.40. The van der Waals surface area contributed by atoms with Crippen molar-refractivity contribution >= 4 is 64.4 Å². The van der Waals surface area contributed by atoms with Crippen molar-refractivity contribution < 1.29 is 4.74 Å². The Bertz CT molecular complexity index is 1640. The first kappa shape index (κ1) is 31.1. The van der Waals surface area contributed by atoms with Crippen molar-refractivity contribution in [3.63, 3.8) is 0 Å². The van der Waals surface area contributed by atoms with E-state index in [1.54, 1.807) is 0 Å². The van der Waals surface area contributed by atoms with E-state index >= 15 is 0 Å². The second-order valence-corrected chi connectivity index (χ2v) is 13.6. The largest absolute Gasteiger partial charge is 0.493 e. The number of unbranched alkanes of at least 4 members (excludes halogenated alkanes) is 2. The van der Waals surface area contributed by atoms with E-state index in [2.05, 4.69) is 125 Å². The first-order chi connectivity index (χ1) is 20.5. The lowest BCUT2D eigenvalue weighted by molar-refractivity contribution is 0.233. The Labute approximate surface area is 268 Å². The van der Waals surface area contributed by atoms with Crippen molar-refractivity contribution in [2.24, 2.45) is 11.8 Å². The van der Waals surface area contributed by atoms with E-state index in [1.165, 1.54) is 65.6 Å². The smallest absolute Gasteiger partial charge is 0.141 e. The van der Waals surface area contributed by atoms with Crippen molar-refractivity contribution in [2.75, 3.05) is 6.61 Å². The molecule has 0 bridgehead atoms. The van der Waals surface area contributed by atoms with Gasteiger partial charge in [-0.2, -0.15) is 0 Å². The number of benzene rings is 4. The fraction of sp³-hybridized carbons (Fsp3) is 0.432. The summed E-state index contributed by atoms with van der Waals surface area (Å²) in [5.41, 5.74) is 3.45. The van der Waals surface area contributed by atoms with Gasteiger partial charge in [0.15, 0.2) is 0 Å². The molecule has 1 aromatic heterocycles. The van der Waals surface area contributed by atoms with Gasteiger partial charge in [-0.15, -0.1) is 0 Å². The molecule has 42 heavy (non-hydrogen) atoms. The maximum Gasteiger partial charge on any atom is 0.141 e. The van der Waals surface area contributed by atoms with Crippen LogP contribution < -0.4 is 4.74 Å². The highest BCUT2D eigenvalue weighted by atomic mass is 79.9. The van der Waals surface area contributed by atoms with Crippen molar-refractivity contribution in [3.8, 4) is 17.1 Å². The van der Waals surface area contributed by atoms with Crippen LogP contribution in [0.1, 0.15) is 79.1 Å². The topological polar surface area (TPSA) is 27.1 Å². The van der Waals surface area contributed by atoms with E-state index in [1.807, 2.05) is 0 Å². The van der Waals surface area contributed by atoms with Gasteiger partial charge in [-0.25, -0.2) is 4.98 Å². The van der Waals surface area contributed by atoms with Gasteiger partial charge >= 0.3 is 0 Å². The van der Waals surface area contributed by atoms with Crippen LogP contribution in [-0.2, 0) is 6.54 Å². The summed E-state index contributed by atoms with van der Waals surface area (Å²) in [5.74, 6) is 3.20. The minimum absolute atomic E-state index is 0.601. The predicted octanol–water partition coefficient (Wildman–Crippen LogP) is 12.3. The molecule has 5 rings (SSSR count). The third-order valence-corrected chi connectivity index (χ3v) is 9.84. The van der Waals surface area contributed by atoms with Crippen molar-refractivity contribution in [1.29, 1.82) is 0 Å². The van der Waals surface area contributed by atoms with Crippen molar-refractivity contribution in [1.82, 2.24) is 9.55 Å². The molecule has 0 N–H and O–H groups in total. The Balaban J connectivity index is 1.63. The predicted molar refractivity (Wildman–Crippen MR) is 188 cm³/mol. The van der Waals surface area contributed by atoms with E-state index < -0.39 is 0 Å². The molecular weight excluding hydrogens is 648 g/mol. The van der Waals surface area contributed by atoms with Crippen LogP contribution in [0.2, 0.25) is 0 Å². The lowest BCUT2D eigenvalue weighted by Gasteiger charge is -2.19. The Hall–Kier alpha value is -2.37.